The van der Waals surface area contributed by atoms with Crippen molar-refractivity contribution in [2.75, 3.05) is 0 Å². The van der Waals surface area contributed by atoms with Gasteiger partial charge in [0.15, 0.2) is 0 Å². The first-order valence-corrected chi connectivity index (χ1v) is 6.11. The van der Waals surface area contributed by atoms with Crippen LogP contribution in [-0.2, 0) is 9.59 Å². The fourth-order valence-corrected chi connectivity index (χ4v) is 2.31. The van der Waals surface area contributed by atoms with Crippen LogP contribution in [0.1, 0.15) is 24.9 Å². The molecule has 2 aliphatic heterocycles. The predicted octanol–water partition coefficient (Wildman–Crippen LogP) is 0.527. The third-order valence-electron chi connectivity index (χ3n) is 3.20. The van der Waals surface area contributed by atoms with Gasteiger partial charge in [-0.3, -0.25) is 14.9 Å². The third-order valence-corrected chi connectivity index (χ3v) is 3.20. The highest BCUT2D eigenvalue weighted by Gasteiger charge is 2.36. The molecule has 102 valence electrons. The first-order chi connectivity index (χ1) is 9.56. The number of rotatable bonds is 1. The average molecular weight is 272 g/mol. The lowest BCUT2D eigenvalue weighted by Crippen LogP contribution is -2.38. The summed E-state index contributed by atoms with van der Waals surface area (Å²) in [5.41, 5.74) is 1.50. The molecule has 7 nitrogen and oxygen atoms in total. The third kappa shape index (κ3) is 1.93. The molecule has 2 N–H and O–H groups in total. The number of hydrogen-bond acceptors (Lipinski definition) is 5. The molecule has 2 aliphatic rings. The minimum absolute atomic E-state index is 0.102. The Labute approximate surface area is 114 Å². The Morgan fingerprint density at radius 1 is 1.35 bits per heavy atom. The van der Waals surface area contributed by atoms with Gasteiger partial charge in [-0.1, -0.05) is 18.2 Å². The summed E-state index contributed by atoms with van der Waals surface area (Å²) in [7, 11) is 0. The summed E-state index contributed by atoms with van der Waals surface area (Å²) in [6.45, 7) is 1.84. The number of hydrazone groups is 1. The van der Waals surface area contributed by atoms with Crippen molar-refractivity contribution < 1.29 is 14.7 Å². The molecule has 7 heteroatoms. The van der Waals surface area contributed by atoms with Crippen LogP contribution in [0.4, 0.5) is 0 Å². The zero-order chi connectivity index (χ0) is 14.3. The maximum absolute atomic E-state index is 11.2. The molecule has 0 saturated carbocycles. The second-order valence-electron chi connectivity index (χ2n) is 4.65. The molecule has 2 heterocycles. The van der Waals surface area contributed by atoms with E-state index in [-0.39, 0.29) is 17.8 Å². The Kier molecular flexibility index (Phi) is 2.74. The molecule has 0 radical (unpaired) electrons. The van der Waals surface area contributed by atoms with Gasteiger partial charge in [-0.05, 0) is 13.0 Å². The molecule has 1 aromatic carbocycles. The van der Waals surface area contributed by atoms with E-state index >= 15 is 0 Å². The molecule has 3 rings (SSSR count). The van der Waals surface area contributed by atoms with Crippen molar-refractivity contribution in [3.05, 3.63) is 29.8 Å². The maximum atomic E-state index is 11.2. The minimum atomic E-state index is -0.837. The second kappa shape index (κ2) is 4.44. The lowest BCUT2D eigenvalue weighted by Gasteiger charge is -2.23. The van der Waals surface area contributed by atoms with Crippen molar-refractivity contribution >= 4 is 23.5 Å². The highest BCUT2D eigenvalue weighted by molar-refractivity contribution is 6.43. The molecule has 0 saturated heterocycles. The highest BCUT2D eigenvalue weighted by atomic mass is 16.3. The number of phenols is 1. The van der Waals surface area contributed by atoms with E-state index in [1.165, 1.54) is 5.01 Å². The van der Waals surface area contributed by atoms with Gasteiger partial charge in [-0.2, -0.15) is 10.1 Å². The molecule has 20 heavy (non-hydrogen) atoms. The number of para-hydroxylation sites is 1. The van der Waals surface area contributed by atoms with Crippen molar-refractivity contribution in [1.82, 2.24) is 10.3 Å². The number of nitrogens with one attached hydrogen (secondary N) is 1. The Hall–Kier alpha value is -2.70. The zero-order valence-corrected chi connectivity index (χ0v) is 10.7. The topological polar surface area (TPSA) is 94.4 Å². The molecule has 0 aliphatic carbocycles. The Balaban J connectivity index is 1.97. The van der Waals surface area contributed by atoms with E-state index in [1.54, 1.807) is 24.3 Å². The Bertz CT molecular complexity index is 665. The first-order valence-electron chi connectivity index (χ1n) is 6.11. The summed E-state index contributed by atoms with van der Waals surface area (Å²) in [4.78, 5) is 26.1. The molecular weight excluding hydrogens is 260 g/mol. The summed E-state index contributed by atoms with van der Waals surface area (Å²) in [6, 6.07) is 6.61. The van der Waals surface area contributed by atoms with E-state index in [4.69, 9.17) is 0 Å². The van der Waals surface area contributed by atoms with Gasteiger partial charge in [0.2, 0.25) is 5.96 Å². The van der Waals surface area contributed by atoms with Gasteiger partial charge in [-0.15, -0.1) is 0 Å². The molecular formula is C13H12N4O3. The standard InChI is InChI=1S/C13H12N4O3/c1-7-6-9(8-4-2-3-5-10(8)18)17(16-7)13-14-11(19)12(20)15-13/h2-5,9,18H,6H2,1H3,(H,14,15,19,20). The summed E-state index contributed by atoms with van der Waals surface area (Å²) in [5, 5.41) is 18.1. The molecule has 0 aromatic heterocycles. The van der Waals surface area contributed by atoms with E-state index in [2.05, 4.69) is 15.4 Å². The number of hydrogen-bond donors (Lipinski definition) is 2. The van der Waals surface area contributed by atoms with Crippen molar-refractivity contribution in [2.45, 2.75) is 19.4 Å². The maximum Gasteiger partial charge on any atom is 0.338 e. The van der Waals surface area contributed by atoms with Gasteiger partial charge in [0.25, 0.3) is 0 Å². The molecule has 1 unspecified atom stereocenters. The van der Waals surface area contributed by atoms with E-state index in [1.807, 2.05) is 6.92 Å². The van der Waals surface area contributed by atoms with Crippen molar-refractivity contribution in [3.63, 3.8) is 0 Å². The van der Waals surface area contributed by atoms with Crippen LogP contribution in [0.2, 0.25) is 0 Å². The number of nitrogens with zero attached hydrogens (tertiary/aromatic N) is 3. The Morgan fingerprint density at radius 3 is 2.75 bits per heavy atom. The van der Waals surface area contributed by atoms with Crippen LogP contribution in [0.15, 0.2) is 34.4 Å². The number of phenolic OH excluding ortho intramolecular Hbond substituents is 1. The second-order valence-corrected chi connectivity index (χ2v) is 4.65. The Morgan fingerprint density at radius 2 is 2.10 bits per heavy atom. The van der Waals surface area contributed by atoms with Crippen LogP contribution >= 0.6 is 0 Å². The van der Waals surface area contributed by atoms with Crippen LogP contribution in [0.3, 0.4) is 0 Å². The monoisotopic (exact) mass is 272 g/mol. The van der Waals surface area contributed by atoms with Crippen molar-refractivity contribution in [1.29, 1.82) is 0 Å². The molecule has 1 atom stereocenters. The van der Waals surface area contributed by atoms with Gasteiger partial charge in [0, 0.05) is 17.7 Å². The fraction of sp³-hybridized carbons (Fsp3) is 0.231. The number of aromatic hydroxyl groups is 1. The molecule has 2 amide bonds. The number of guanidine groups is 1. The van der Waals surface area contributed by atoms with Crippen LogP contribution in [0.25, 0.3) is 0 Å². The molecule has 0 spiro atoms. The summed E-state index contributed by atoms with van der Waals surface area (Å²) in [6.07, 6.45) is 0.584. The van der Waals surface area contributed by atoms with Gasteiger partial charge in [0.1, 0.15) is 5.75 Å². The molecule has 0 bridgehead atoms. The summed E-state index contributed by atoms with van der Waals surface area (Å²) < 4.78 is 0. The van der Waals surface area contributed by atoms with Crippen molar-refractivity contribution in [2.24, 2.45) is 10.1 Å². The van der Waals surface area contributed by atoms with Crippen LogP contribution in [0, 0.1) is 0 Å². The highest BCUT2D eigenvalue weighted by Crippen LogP contribution is 2.35. The smallest absolute Gasteiger partial charge is 0.338 e. The van der Waals surface area contributed by atoms with Crippen LogP contribution < -0.4 is 5.32 Å². The van der Waals surface area contributed by atoms with E-state index in [0.717, 1.165) is 5.71 Å². The first kappa shape index (κ1) is 12.3. The summed E-state index contributed by atoms with van der Waals surface area (Å²) >= 11 is 0. The lowest BCUT2D eigenvalue weighted by molar-refractivity contribution is -0.135. The quantitative estimate of drug-likeness (QED) is 0.729. The minimum Gasteiger partial charge on any atom is -0.508 e. The van der Waals surface area contributed by atoms with Gasteiger partial charge >= 0.3 is 11.8 Å². The van der Waals surface area contributed by atoms with Gasteiger partial charge < -0.3 is 5.11 Å². The number of aliphatic imine (C=N–C) groups is 1. The summed E-state index contributed by atoms with van der Waals surface area (Å²) in [5.74, 6) is -1.36. The zero-order valence-electron chi connectivity index (χ0n) is 10.7. The van der Waals surface area contributed by atoms with E-state index < -0.39 is 11.8 Å². The fourth-order valence-electron chi connectivity index (χ4n) is 2.31. The number of carbonyl (C=O) groups excluding carboxylic acids is 2. The number of benzene rings is 1. The van der Waals surface area contributed by atoms with Crippen molar-refractivity contribution in [3.8, 4) is 5.75 Å². The number of carbonyl (C=O) groups is 2. The van der Waals surface area contributed by atoms with E-state index in [9.17, 15) is 14.7 Å². The normalized spacial score (nSPS) is 21.9. The van der Waals surface area contributed by atoms with Gasteiger partial charge in [0.05, 0.1) is 6.04 Å². The van der Waals surface area contributed by atoms with Crippen LogP contribution in [0.5, 0.6) is 5.75 Å². The average Bonchev–Trinajstić information content (AvgIpc) is 2.94. The van der Waals surface area contributed by atoms with E-state index in [0.29, 0.717) is 12.0 Å². The molecule has 1 aromatic rings. The molecule has 0 fully saturated rings. The van der Waals surface area contributed by atoms with Crippen LogP contribution in [-0.4, -0.2) is 33.6 Å². The SMILES string of the molecule is CC1=NN(C2=NC(=O)C(=O)N2)C(c2ccccc2O)C1. The van der Waals surface area contributed by atoms with Gasteiger partial charge in [-0.25, -0.2) is 5.01 Å². The largest absolute Gasteiger partial charge is 0.508 e. The lowest BCUT2D eigenvalue weighted by atomic mass is 10.0. The number of amides is 2. The predicted molar refractivity (Wildman–Crippen MR) is 71.0 cm³/mol.